The molecule has 4 unspecified atom stereocenters. The largest absolute Gasteiger partial charge is 0.368 e. The van der Waals surface area contributed by atoms with Crippen molar-refractivity contribution in [2.75, 3.05) is 23.8 Å². The van der Waals surface area contributed by atoms with Gasteiger partial charge in [-0.05, 0) is 97.8 Å². The van der Waals surface area contributed by atoms with Crippen molar-refractivity contribution in [2.45, 2.75) is 25.4 Å². The van der Waals surface area contributed by atoms with E-state index in [1.807, 2.05) is 60.7 Å². The van der Waals surface area contributed by atoms with E-state index < -0.39 is 26.8 Å². The van der Waals surface area contributed by atoms with Crippen molar-refractivity contribution < 1.29 is 28.0 Å². The molecule has 4 N–H and O–H groups in total. The minimum absolute atomic E-state index is 0. The fraction of sp³-hybridized carbons (Fsp3) is 0.167. The number of nitrogens with one attached hydrogen (secondary N) is 2. The van der Waals surface area contributed by atoms with Crippen LogP contribution in [0.2, 0.25) is 0 Å². The molecule has 0 aromatic heterocycles. The van der Waals surface area contributed by atoms with E-state index in [1.165, 1.54) is 0 Å². The van der Waals surface area contributed by atoms with E-state index in [4.69, 9.17) is 9.05 Å². The first kappa shape index (κ1) is 40.0. The van der Waals surface area contributed by atoms with Crippen LogP contribution in [0.3, 0.4) is 0 Å². The summed E-state index contributed by atoms with van der Waals surface area (Å²) in [7, 11) is -8.63. The summed E-state index contributed by atoms with van der Waals surface area (Å²) in [5.41, 5.74) is 4.35. The smallest absolute Gasteiger partial charge is 0.354 e. The van der Waals surface area contributed by atoms with Gasteiger partial charge in [-0.1, -0.05) is 60.7 Å². The van der Waals surface area contributed by atoms with Gasteiger partial charge in [-0.15, -0.1) is 0 Å². The first-order valence-corrected chi connectivity index (χ1v) is 19.2. The second-order valence-corrected chi connectivity index (χ2v) is 14.7. The summed E-state index contributed by atoms with van der Waals surface area (Å²) in [6.45, 7) is 3.24. The fourth-order valence-corrected chi connectivity index (χ4v) is 7.65. The van der Waals surface area contributed by atoms with Crippen molar-refractivity contribution in [3.8, 4) is 0 Å². The van der Waals surface area contributed by atoms with Crippen LogP contribution < -0.4 is 10.6 Å². The molecule has 1 radical (unpaired) electrons. The number of hydrogen-bond donors (Lipinski definition) is 4. The fourth-order valence-electron chi connectivity index (χ4n) is 4.91. The molecule has 0 aliphatic rings. The molecule has 259 valence electrons. The Kier molecular flexibility index (Phi) is 15.0. The van der Waals surface area contributed by atoms with Gasteiger partial charge in [0.05, 0.1) is 36.0 Å². The van der Waals surface area contributed by atoms with Crippen LogP contribution in [0, 0.1) is 0 Å². The van der Waals surface area contributed by atoms with Crippen molar-refractivity contribution in [1.29, 1.82) is 0 Å². The average molecular weight is 736 g/mol. The zero-order valence-corrected chi connectivity index (χ0v) is 32.3. The Morgan fingerprint density at radius 1 is 0.529 bits per heavy atom. The zero-order chi connectivity index (χ0) is 35.4. The molecule has 0 aliphatic heterocycles. The molecule has 0 saturated carbocycles. The minimum atomic E-state index is -4.31. The molecule has 5 aromatic carbocycles. The molecule has 5 rings (SSSR count). The van der Waals surface area contributed by atoms with Crippen molar-refractivity contribution in [3.63, 3.8) is 0 Å². The third kappa shape index (κ3) is 11.6. The number of hydrogen-bond acceptors (Lipinski definition) is 10. The van der Waals surface area contributed by atoms with Gasteiger partial charge in [0.1, 0.15) is 0 Å². The van der Waals surface area contributed by atoms with Gasteiger partial charge >= 0.3 is 15.2 Å². The van der Waals surface area contributed by atoms with E-state index in [0.717, 1.165) is 0 Å². The maximum Gasteiger partial charge on any atom is 0.354 e. The van der Waals surface area contributed by atoms with Gasteiger partial charge in [0.15, 0.2) is 11.6 Å². The molecule has 51 heavy (non-hydrogen) atoms. The van der Waals surface area contributed by atoms with Crippen molar-refractivity contribution in [3.05, 3.63) is 145 Å². The predicted octanol–water partition coefficient (Wildman–Crippen LogP) is 10.8. The number of anilines is 2. The molecule has 4 atom stereocenters. The van der Waals surface area contributed by atoms with Gasteiger partial charge in [-0.2, -0.15) is 20.5 Å². The molecule has 0 fully saturated rings. The summed E-state index contributed by atoms with van der Waals surface area (Å²) >= 11 is 0. The molecule has 0 aliphatic carbocycles. The molecule has 5 aromatic rings. The minimum Gasteiger partial charge on any atom is -0.368 e. The van der Waals surface area contributed by atoms with E-state index in [2.05, 4.69) is 31.1 Å². The topological polar surface area (TPSA) is 167 Å². The van der Waals surface area contributed by atoms with Crippen LogP contribution in [0.25, 0.3) is 0 Å². The summed E-state index contributed by atoms with van der Waals surface area (Å²) in [5.74, 6) is -2.45. The van der Waals surface area contributed by atoms with Crippen LogP contribution in [0.15, 0.2) is 154 Å². The second-order valence-electron chi connectivity index (χ2n) is 10.9. The quantitative estimate of drug-likeness (QED) is 0.0441. The molecule has 0 spiro atoms. The molecular formula is C36H38N6NaO6P2. The molecule has 0 heterocycles. The maximum absolute atomic E-state index is 13.6. The Bertz CT molecular complexity index is 1850. The molecule has 12 nitrogen and oxygen atoms in total. The molecule has 0 bridgehead atoms. The van der Waals surface area contributed by atoms with Crippen LogP contribution >= 0.6 is 15.2 Å². The van der Waals surface area contributed by atoms with Gasteiger partial charge in [0, 0.05) is 40.9 Å². The molecule has 15 heteroatoms. The van der Waals surface area contributed by atoms with Crippen LogP contribution in [0.4, 0.5) is 34.1 Å². The first-order valence-electron chi connectivity index (χ1n) is 15.9. The third-order valence-corrected chi connectivity index (χ3v) is 10.7. The molecule has 0 amide bonds. The number of azo groups is 2. The van der Waals surface area contributed by atoms with Gasteiger partial charge < -0.3 is 29.5 Å². The van der Waals surface area contributed by atoms with E-state index in [9.17, 15) is 18.9 Å². The summed E-state index contributed by atoms with van der Waals surface area (Å²) < 4.78 is 37.8. The number of rotatable bonds is 16. The number of benzene rings is 5. The van der Waals surface area contributed by atoms with Gasteiger partial charge in [0.25, 0.3) is 0 Å². The van der Waals surface area contributed by atoms with Crippen LogP contribution in [-0.2, 0) is 18.2 Å². The zero-order valence-electron chi connectivity index (χ0n) is 28.5. The van der Waals surface area contributed by atoms with Gasteiger partial charge in [-0.3, -0.25) is 9.13 Å². The molecular weight excluding hydrogens is 697 g/mol. The van der Waals surface area contributed by atoms with E-state index in [-0.39, 0.29) is 42.8 Å². The van der Waals surface area contributed by atoms with Crippen LogP contribution in [0.1, 0.15) is 36.5 Å². The van der Waals surface area contributed by atoms with E-state index in [0.29, 0.717) is 45.3 Å². The van der Waals surface area contributed by atoms with Crippen molar-refractivity contribution in [2.24, 2.45) is 20.5 Å². The summed E-state index contributed by atoms with van der Waals surface area (Å²) in [6, 6.07) is 38.9. The van der Waals surface area contributed by atoms with Gasteiger partial charge in [-0.25, -0.2) is 0 Å². The Balaban J connectivity index is 0.00000583. The van der Waals surface area contributed by atoms with E-state index >= 15 is 0 Å². The monoisotopic (exact) mass is 735 g/mol. The van der Waals surface area contributed by atoms with Crippen LogP contribution in [0.5, 0.6) is 0 Å². The molecule has 0 saturated heterocycles. The summed E-state index contributed by atoms with van der Waals surface area (Å²) in [4.78, 5) is 22.2. The normalized spacial score (nSPS) is 15.0. The Morgan fingerprint density at radius 2 is 0.863 bits per heavy atom. The Morgan fingerprint density at radius 3 is 1.20 bits per heavy atom. The maximum atomic E-state index is 13.6. The van der Waals surface area contributed by atoms with E-state index in [1.54, 1.807) is 86.6 Å². The van der Waals surface area contributed by atoms with Crippen molar-refractivity contribution in [1.82, 2.24) is 0 Å². The third-order valence-electron chi connectivity index (χ3n) is 7.24. The van der Waals surface area contributed by atoms with Gasteiger partial charge in [0.2, 0.25) is 0 Å². The average Bonchev–Trinajstić information content (AvgIpc) is 3.13. The standard InChI is InChI=1S/C36H38N6O6P2.Na/c1-3-47-49(43,44)35(37-29-18-22-33(23-19-29)41-39-31-14-7-5-8-15-31)27-12-11-13-28(26-27)36(50(45,46)48-4-2)38-30-20-24-34(25-21-30)42-40-32-16-9-6-10-17-32;/h5-26,35-38H,3-4H2,1-2H3,(H,43,44)(H,45,46);. The predicted molar refractivity (Wildman–Crippen MR) is 202 cm³/mol. The van der Waals surface area contributed by atoms with Crippen LogP contribution in [-0.4, -0.2) is 52.6 Å². The van der Waals surface area contributed by atoms with Crippen molar-refractivity contribution >= 4 is 78.9 Å². The Hall–Kier alpha value is -3.80. The summed E-state index contributed by atoms with van der Waals surface area (Å²) in [5, 5.41) is 23.2. The second kappa shape index (κ2) is 19.2. The summed E-state index contributed by atoms with van der Waals surface area (Å²) in [6.07, 6.45) is 0. The SMILES string of the molecule is CCOP(=O)(O)C(Nc1ccc(N=Nc2ccccc2)cc1)c1cccc(C(Nc2ccc(N=Nc3ccccc3)cc2)P(=O)(O)OCC)c1.[Na]. The number of nitrogens with zero attached hydrogens (tertiary/aromatic N) is 4. The first-order chi connectivity index (χ1) is 24.2. The Labute approximate surface area is 319 Å².